The van der Waals surface area contributed by atoms with Crippen molar-refractivity contribution in [3.63, 3.8) is 0 Å². The SMILES string of the molecule is CC(=O)/C=C/[C@@]1(C)[C@H](C)CCC(=O)[C@@H]1C. The number of hydrogen-bond donors (Lipinski definition) is 0. The number of allylic oxidation sites excluding steroid dienone is 2. The molecule has 0 radical (unpaired) electrons. The smallest absolute Gasteiger partial charge is 0.152 e. The lowest BCUT2D eigenvalue weighted by Gasteiger charge is -2.41. The van der Waals surface area contributed by atoms with Gasteiger partial charge >= 0.3 is 0 Å². The second-order valence-electron chi connectivity index (χ2n) is 4.94. The molecule has 0 heterocycles. The molecule has 1 saturated carbocycles. The summed E-state index contributed by atoms with van der Waals surface area (Å²) in [6.07, 6.45) is 5.15. The molecule has 0 aromatic heterocycles. The summed E-state index contributed by atoms with van der Waals surface area (Å²) in [5.41, 5.74) is -0.152. The Bertz CT molecular complexity index is 304. The van der Waals surface area contributed by atoms with Crippen molar-refractivity contribution in [1.82, 2.24) is 0 Å². The van der Waals surface area contributed by atoms with E-state index in [1.165, 1.54) is 0 Å². The zero-order valence-electron chi connectivity index (χ0n) is 10.0. The summed E-state index contributed by atoms with van der Waals surface area (Å²) in [6, 6.07) is 0. The molecule has 84 valence electrons. The van der Waals surface area contributed by atoms with Gasteiger partial charge in [0.1, 0.15) is 5.78 Å². The molecule has 0 unspecified atom stereocenters. The molecular weight excluding hydrogens is 188 g/mol. The van der Waals surface area contributed by atoms with Crippen LogP contribution < -0.4 is 0 Å². The van der Waals surface area contributed by atoms with Crippen LogP contribution in [0.3, 0.4) is 0 Å². The van der Waals surface area contributed by atoms with E-state index in [-0.39, 0.29) is 17.1 Å². The van der Waals surface area contributed by atoms with Gasteiger partial charge in [0.25, 0.3) is 0 Å². The average Bonchev–Trinajstić information content (AvgIpc) is 2.18. The summed E-state index contributed by atoms with van der Waals surface area (Å²) in [4.78, 5) is 22.6. The second kappa shape index (κ2) is 4.30. The first-order valence-electron chi connectivity index (χ1n) is 5.60. The zero-order chi connectivity index (χ0) is 11.6. The molecule has 0 N–H and O–H groups in total. The van der Waals surface area contributed by atoms with Crippen molar-refractivity contribution in [2.45, 2.75) is 40.5 Å². The summed E-state index contributed by atoms with van der Waals surface area (Å²) in [5.74, 6) is 0.857. The van der Waals surface area contributed by atoms with Crippen LogP contribution in [0.15, 0.2) is 12.2 Å². The Balaban J connectivity index is 2.95. The molecule has 2 nitrogen and oxygen atoms in total. The Kier molecular flexibility index (Phi) is 3.48. The molecule has 3 atom stereocenters. The van der Waals surface area contributed by atoms with Gasteiger partial charge in [0.05, 0.1) is 0 Å². The van der Waals surface area contributed by atoms with E-state index in [0.717, 1.165) is 6.42 Å². The Morgan fingerprint density at radius 3 is 2.60 bits per heavy atom. The average molecular weight is 208 g/mol. The Morgan fingerprint density at radius 2 is 2.07 bits per heavy atom. The minimum Gasteiger partial charge on any atom is -0.299 e. The highest BCUT2D eigenvalue weighted by Gasteiger charge is 2.41. The normalized spacial score (nSPS) is 37.2. The summed E-state index contributed by atoms with van der Waals surface area (Å²) < 4.78 is 0. The third-order valence-electron chi connectivity index (χ3n) is 3.98. The highest BCUT2D eigenvalue weighted by molar-refractivity contribution is 5.88. The van der Waals surface area contributed by atoms with Crippen molar-refractivity contribution in [3.8, 4) is 0 Å². The van der Waals surface area contributed by atoms with Crippen LogP contribution in [0, 0.1) is 17.3 Å². The van der Waals surface area contributed by atoms with Gasteiger partial charge in [-0.2, -0.15) is 0 Å². The molecule has 0 bridgehead atoms. The van der Waals surface area contributed by atoms with Gasteiger partial charge in [-0.1, -0.05) is 26.8 Å². The number of Topliss-reactive ketones (excluding diaryl/α,β-unsaturated/α-hetero) is 1. The fraction of sp³-hybridized carbons (Fsp3) is 0.692. The van der Waals surface area contributed by atoms with Crippen molar-refractivity contribution in [1.29, 1.82) is 0 Å². The number of carbonyl (C=O) groups excluding carboxylic acids is 2. The van der Waals surface area contributed by atoms with Crippen LogP contribution in [-0.4, -0.2) is 11.6 Å². The monoisotopic (exact) mass is 208 g/mol. The van der Waals surface area contributed by atoms with Crippen molar-refractivity contribution < 1.29 is 9.59 Å². The highest BCUT2D eigenvalue weighted by atomic mass is 16.1. The molecular formula is C13H20O2. The molecule has 0 amide bonds. The lowest BCUT2D eigenvalue weighted by Crippen LogP contribution is -2.40. The van der Waals surface area contributed by atoms with Gasteiger partial charge in [-0.3, -0.25) is 9.59 Å². The molecule has 0 aromatic rings. The molecule has 15 heavy (non-hydrogen) atoms. The largest absolute Gasteiger partial charge is 0.299 e. The van der Waals surface area contributed by atoms with Crippen LogP contribution in [0.2, 0.25) is 0 Å². The molecule has 0 aliphatic heterocycles. The highest BCUT2D eigenvalue weighted by Crippen LogP contribution is 2.44. The van der Waals surface area contributed by atoms with Crippen LogP contribution in [0.4, 0.5) is 0 Å². The van der Waals surface area contributed by atoms with E-state index in [1.54, 1.807) is 13.0 Å². The standard InChI is InChI=1S/C13H20O2/c1-9-5-6-12(15)11(3)13(9,4)8-7-10(2)14/h7-9,11H,5-6H2,1-4H3/b8-7+/t9-,11+,13+/m1/s1. The van der Waals surface area contributed by atoms with Gasteiger partial charge in [0.2, 0.25) is 0 Å². The van der Waals surface area contributed by atoms with E-state index in [4.69, 9.17) is 0 Å². The van der Waals surface area contributed by atoms with Gasteiger partial charge < -0.3 is 0 Å². The molecule has 1 fully saturated rings. The van der Waals surface area contributed by atoms with E-state index in [9.17, 15) is 9.59 Å². The molecule has 0 aromatic carbocycles. The number of ketones is 2. The molecule has 1 aliphatic rings. The maximum absolute atomic E-state index is 11.7. The van der Waals surface area contributed by atoms with Crippen molar-refractivity contribution in [2.24, 2.45) is 17.3 Å². The predicted octanol–water partition coefficient (Wildman–Crippen LogP) is 2.77. The van der Waals surface area contributed by atoms with E-state index < -0.39 is 0 Å². The van der Waals surface area contributed by atoms with Gasteiger partial charge in [0.15, 0.2) is 5.78 Å². The summed E-state index contributed by atoms with van der Waals surface area (Å²) in [7, 11) is 0. The first-order valence-corrected chi connectivity index (χ1v) is 5.60. The molecule has 0 spiro atoms. The van der Waals surface area contributed by atoms with Crippen LogP contribution in [-0.2, 0) is 9.59 Å². The first kappa shape index (κ1) is 12.2. The molecule has 0 saturated heterocycles. The topological polar surface area (TPSA) is 34.1 Å². The van der Waals surface area contributed by atoms with E-state index >= 15 is 0 Å². The van der Waals surface area contributed by atoms with Crippen LogP contribution in [0.25, 0.3) is 0 Å². The van der Waals surface area contributed by atoms with Crippen molar-refractivity contribution in [2.75, 3.05) is 0 Å². The summed E-state index contributed by atoms with van der Waals surface area (Å²) in [6.45, 7) is 7.76. The Morgan fingerprint density at radius 1 is 1.47 bits per heavy atom. The number of rotatable bonds is 2. The van der Waals surface area contributed by atoms with E-state index in [0.29, 0.717) is 18.1 Å². The fourth-order valence-corrected chi connectivity index (χ4v) is 2.27. The van der Waals surface area contributed by atoms with Crippen molar-refractivity contribution in [3.05, 3.63) is 12.2 Å². The first-order chi connectivity index (χ1) is 6.88. The van der Waals surface area contributed by atoms with E-state index in [2.05, 4.69) is 13.8 Å². The minimum atomic E-state index is -0.152. The quantitative estimate of drug-likeness (QED) is 0.654. The van der Waals surface area contributed by atoms with Crippen LogP contribution in [0.1, 0.15) is 40.5 Å². The summed E-state index contributed by atoms with van der Waals surface area (Å²) in [5, 5.41) is 0. The molecule has 1 rings (SSSR count). The molecule has 1 aliphatic carbocycles. The lowest BCUT2D eigenvalue weighted by atomic mass is 9.62. The van der Waals surface area contributed by atoms with Crippen LogP contribution in [0.5, 0.6) is 0 Å². The maximum atomic E-state index is 11.7. The number of hydrogen-bond acceptors (Lipinski definition) is 2. The predicted molar refractivity (Wildman–Crippen MR) is 60.5 cm³/mol. The van der Waals surface area contributed by atoms with Crippen LogP contribution >= 0.6 is 0 Å². The maximum Gasteiger partial charge on any atom is 0.152 e. The third-order valence-corrected chi connectivity index (χ3v) is 3.98. The van der Waals surface area contributed by atoms with Gasteiger partial charge in [-0.25, -0.2) is 0 Å². The lowest BCUT2D eigenvalue weighted by molar-refractivity contribution is -0.129. The second-order valence-corrected chi connectivity index (χ2v) is 4.94. The van der Waals surface area contributed by atoms with Gasteiger partial charge in [-0.05, 0) is 30.8 Å². The fourth-order valence-electron chi connectivity index (χ4n) is 2.27. The Labute approximate surface area is 91.7 Å². The third kappa shape index (κ3) is 2.36. The van der Waals surface area contributed by atoms with Gasteiger partial charge in [0, 0.05) is 12.3 Å². The molecule has 2 heteroatoms. The van der Waals surface area contributed by atoms with Gasteiger partial charge in [-0.15, -0.1) is 0 Å². The Hall–Kier alpha value is -0.920. The van der Waals surface area contributed by atoms with Crippen molar-refractivity contribution >= 4 is 11.6 Å². The minimum absolute atomic E-state index is 0.0249. The zero-order valence-corrected chi connectivity index (χ0v) is 10.0. The number of carbonyl (C=O) groups is 2. The van der Waals surface area contributed by atoms with E-state index in [1.807, 2.05) is 13.0 Å². The summed E-state index contributed by atoms with van der Waals surface area (Å²) >= 11 is 0.